The van der Waals surface area contributed by atoms with Gasteiger partial charge in [-0.3, -0.25) is 4.99 Å². The summed E-state index contributed by atoms with van der Waals surface area (Å²) in [4.78, 5) is 8.23. The minimum atomic E-state index is -4.41. The topological polar surface area (TPSA) is 49.3 Å². The molecule has 0 atom stereocenters. The van der Waals surface area contributed by atoms with Gasteiger partial charge in [0.1, 0.15) is 5.82 Å². The van der Waals surface area contributed by atoms with Crippen molar-refractivity contribution in [2.45, 2.75) is 37.8 Å². The molecule has 1 aromatic heterocycles. The molecule has 4 nitrogen and oxygen atoms in total. The molecule has 0 radical (unpaired) electrons. The molecule has 10 heteroatoms. The summed E-state index contributed by atoms with van der Waals surface area (Å²) < 4.78 is 51.3. The molecule has 1 aliphatic carbocycles. The van der Waals surface area contributed by atoms with Gasteiger partial charge in [-0.15, -0.1) is 35.3 Å². The van der Waals surface area contributed by atoms with Crippen LogP contribution in [0.15, 0.2) is 34.6 Å². The molecule has 160 valence electrons. The quantitative estimate of drug-likeness (QED) is 0.230. The van der Waals surface area contributed by atoms with Crippen LogP contribution in [0, 0.1) is 5.82 Å². The first-order valence-corrected chi connectivity index (χ1v) is 10.0. The summed E-state index contributed by atoms with van der Waals surface area (Å²) in [6.07, 6.45) is -2.12. The van der Waals surface area contributed by atoms with E-state index in [1.807, 2.05) is 13.0 Å². The SMILES string of the molecule is CCNC(=NCC1(c2cccc(F)c2)CC1)NCCc1nc(C(F)(F)F)cs1.I. The molecule has 1 saturated carbocycles. The summed E-state index contributed by atoms with van der Waals surface area (Å²) >= 11 is 1.00. The van der Waals surface area contributed by atoms with Crippen molar-refractivity contribution in [1.29, 1.82) is 0 Å². The molecule has 0 spiro atoms. The number of rotatable bonds is 7. The van der Waals surface area contributed by atoms with Crippen LogP contribution in [0.5, 0.6) is 0 Å². The van der Waals surface area contributed by atoms with Crippen molar-refractivity contribution in [2.75, 3.05) is 19.6 Å². The van der Waals surface area contributed by atoms with Crippen molar-refractivity contribution < 1.29 is 17.6 Å². The number of aliphatic imine (C=N–C) groups is 1. The predicted molar refractivity (Wildman–Crippen MR) is 118 cm³/mol. The number of benzene rings is 1. The third-order valence-electron chi connectivity index (χ3n) is 4.65. The molecule has 0 unspecified atom stereocenters. The van der Waals surface area contributed by atoms with Crippen LogP contribution in [0.4, 0.5) is 17.6 Å². The first-order valence-electron chi connectivity index (χ1n) is 9.12. The maximum Gasteiger partial charge on any atom is 0.434 e. The third kappa shape index (κ3) is 6.53. The van der Waals surface area contributed by atoms with Gasteiger partial charge in [0.15, 0.2) is 11.7 Å². The van der Waals surface area contributed by atoms with Crippen molar-refractivity contribution in [2.24, 2.45) is 4.99 Å². The zero-order chi connectivity index (χ0) is 20.2. The lowest BCUT2D eigenvalue weighted by atomic mass is 9.96. The normalized spacial score (nSPS) is 15.6. The van der Waals surface area contributed by atoms with E-state index in [0.717, 1.165) is 35.1 Å². The van der Waals surface area contributed by atoms with Crippen molar-refractivity contribution in [1.82, 2.24) is 15.6 Å². The summed E-state index contributed by atoms with van der Waals surface area (Å²) in [5, 5.41) is 7.72. The molecular formula is C19H23F4IN4S. The van der Waals surface area contributed by atoms with E-state index in [1.165, 1.54) is 6.07 Å². The van der Waals surface area contributed by atoms with Gasteiger partial charge < -0.3 is 10.6 Å². The zero-order valence-electron chi connectivity index (χ0n) is 15.9. The van der Waals surface area contributed by atoms with E-state index >= 15 is 0 Å². The second-order valence-electron chi connectivity index (χ2n) is 6.79. The summed E-state index contributed by atoms with van der Waals surface area (Å²) in [5.41, 5.74) is -0.0186. The van der Waals surface area contributed by atoms with Gasteiger partial charge in [0.2, 0.25) is 0 Å². The molecule has 0 bridgehead atoms. The van der Waals surface area contributed by atoms with Crippen molar-refractivity contribution in [3.05, 3.63) is 51.7 Å². The Kier molecular flexibility index (Phi) is 8.27. The second kappa shape index (κ2) is 10.1. The minimum Gasteiger partial charge on any atom is -0.357 e. The van der Waals surface area contributed by atoms with Gasteiger partial charge in [-0.1, -0.05) is 12.1 Å². The van der Waals surface area contributed by atoms with Crippen LogP contribution in [0.2, 0.25) is 0 Å². The van der Waals surface area contributed by atoms with Gasteiger partial charge in [-0.25, -0.2) is 9.37 Å². The Morgan fingerprint density at radius 1 is 1.28 bits per heavy atom. The van der Waals surface area contributed by atoms with E-state index in [0.29, 0.717) is 37.0 Å². The third-order valence-corrected chi connectivity index (χ3v) is 5.56. The van der Waals surface area contributed by atoms with Crippen molar-refractivity contribution in [3.8, 4) is 0 Å². The molecule has 0 aliphatic heterocycles. The largest absolute Gasteiger partial charge is 0.434 e. The van der Waals surface area contributed by atoms with Gasteiger partial charge in [0, 0.05) is 30.3 Å². The number of hydrogen-bond acceptors (Lipinski definition) is 3. The van der Waals surface area contributed by atoms with Crippen LogP contribution < -0.4 is 10.6 Å². The smallest absolute Gasteiger partial charge is 0.357 e. The highest BCUT2D eigenvalue weighted by molar-refractivity contribution is 14.0. The average Bonchev–Trinajstić information content (AvgIpc) is 3.28. The summed E-state index contributed by atoms with van der Waals surface area (Å²) in [7, 11) is 0. The molecule has 1 aromatic carbocycles. The maximum atomic E-state index is 13.5. The fraction of sp³-hybridized carbons (Fsp3) is 0.474. The molecule has 1 fully saturated rings. The molecular weight excluding hydrogens is 519 g/mol. The van der Waals surface area contributed by atoms with Gasteiger partial charge in [0.05, 0.1) is 11.6 Å². The van der Waals surface area contributed by atoms with E-state index in [4.69, 9.17) is 0 Å². The molecule has 1 aliphatic rings. The Labute approximate surface area is 188 Å². The molecule has 29 heavy (non-hydrogen) atoms. The van der Waals surface area contributed by atoms with Crippen LogP contribution in [0.25, 0.3) is 0 Å². The molecule has 0 saturated heterocycles. The molecule has 2 N–H and O–H groups in total. The Hall–Kier alpha value is -1.43. The highest BCUT2D eigenvalue weighted by atomic mass is 127. The van der Waals surface area contributed by atoms with Crippen molar-refractivity contribution in [3.63, 3.8) is 0 Å². The zero-order valence-corrected chi connectivity index (χ0v) is 19.0. The first-order chi connectivity index (χ1) is 13.3. The standard InChI is InChI=1S/C19H22F4N4S.HI/c1-2-24-17(25-9-6-16-27-15(11-28-16)19(21,22)23)26-12-18(7-8-18)13-4-3-5-14(20)10-13;/h3-5,10-11H,2,6-9,12H2,1H3,(H2,24,25,26);1H. The monoisotopic (exact) mass is 542 g/mol. The number of nitrogens with one attached hydrogen (secondary N) is 2. The first kappa shape index (κ1) is 23.8. The lowest BCUT2D eigenvalue weighted by Crippen LogP contribution is -2.39. The van der Waals surface area contributed by atoms with E-state index in [9.17, 15) is 17.6 Å². The summed E-state index contributed by atoms with van der Waals surface area (Å²) in [6, 6.07) is 6.62. The van der Waals surface area contributed by atoms with Crippen LogP contribution in [-0.4, -0.2) is 30.6 Å². The average molecular weight is 542 g/mol. The van der Waals surface area contributed by atoms with Gasteiger partial charge >= 0.3 is 6.18 Å². The van der Waals surface area contributed by atoms with Crippen LogP contribution in [-0.2, 0) is 18.0 Å². The molecule has 1 heterocycles. The van der Waals surface area contributed by atoms with E-state index in [2.05, 4.69) is 20.6 Å². The van der Waals surface area contributed by atoms with Gasteiger partial charge in [-0.2, -0.15) is 13.2 Å². The maximum absolute atomic E-state index is 13.5. The highest BCUT2D eigenvalue weighted by Gasteiger charge is 2.44. The second-order valence-corrected chi connectivity index (χ2v) is 7.73. The van der Waals surface area contributed by atoms with E-state index in [-0.39, 0.29) is 35.2 Å². The minimum absolute atomic E-state index is 0. The number of hydrogen-bond donors (Lipinski definition) is 2. The van der Waals surface area contributed by atoms with Crippen molar-refractivity contribution >= 4 is 41.3 Å². The van der Waals surface area contributed by atoms with Gasteiger partial charge in [0.25, 0.3) is 0 Å². The molecule has 3 rings (SSSR count). The lowest BCUT2D eigenvalue weighted by molar-refractivity contribution is -0.140. The fourth-order valence-corrected chi connectivity index (χ4v) is 3.73. The fourth-order valence-electron chi connectivity index (χ4n) is 2.92. The Balaban J connectivity index is 0.00000300. The van der Waals surface area contributed by atoms with E-state index in [1.54, 1.807) is 12.1 Å². The molecule has 0 amide bonds. The number of aromatic nitrogens is 1. The predicted octanol–water partition coefficient (Wildman–Crippen LogP) is 4.75. The number of halogens is 5. The van der Waals surface area contributed by atoms with Gasteiger partial charge in [-0.05, 0) is 37.5 Å². The van der Waals surface area contributed by atoms with Crippen LogP contribution in [0.3, 0.4) is 0 Å². The Morgan fingerprint density at radius 2 is 2.03 bits per heavy atom. The van der Waals surface area contributed by atoms with Crippen LogP contribution in [0.1, 0.15) is 36.0 Å². The lowest BCUT2D eigenvalue weighted by Gasteiger charge is -2.16. The summed E-state index contributed by atoms with van der Waals surface area (Å²) in [6.45, 7) is 3.55. The van der Waals surface area contributed by atoms with Crippen LogP contribution >= 0.6 is 35.3 Å². The number of nitrogens with zero attached hydrogens (tertiary/aromatic N) is 2. The van der Waals surface area contributed by atoms with E-state index < -0.39 is 11.9 Å². The number of alkyl halides is 3. The Morgan fingerprint density at radius 3 is 2.62 bits per heavy atom. The summed E-state index contributed by atoms with van der Waals surface area (Å²) in [5.74, 6) is 0.345. The molecule has 2 aromatic rings. The Bertz CT molecular complexity index is 834. The highest BCUT2D eigenvalue weighted by Crippen LogP contribution is 2.48. The number of guanidine groups is 1. The number of thiazole rings is 1.